The maximum Gasteiger partial charge on any atom is 0.248 e. The summed E-state index contributed by atoms with van der Waals surface area (Å²) in [4.78, 5) is 41.5. The molecule has 0 unspecified atom stereocenters. The minimum atomic E-state index is -0.864. The van der Waals surface area contributed by atoms with Gasteiger partial charge in [0.15, 0.2) is 0 Å². The van der Waals surface area contributed by atoms with Gasteiger partial charge in [-0.1, -0.05) is 67.6 Å². The molecular formula is C26H26N2O3. The van der Waals surface area contributed by atoms with E-state index in [0.29, 0.717) is 6.42 Å². The first-order chi connectivity index (χ1) is 15.1. The molecule has 1 heterocycles. The van der Waals surface area contributed by atoms with E-state index in [0.717, 1.165) is 29.7 Å². The van der Waals surface area contributed by atoms with Crippen LogP contribution in [0, 0.1) is 23.7 Å². The third-order valence-corrected chi connectivity index (χ3v) is 7.05. The third kappa shape index (κ3) is 3.29. The van der Waals surface area contributed by atoms with E-state index in [1.54, 1.807) is 0 Å². The van der Waals surface area contributed by atoms with Crippen LogP contribution < -0.4 is 5.32 Å². The Morgan fingerprint density at radius 1 is 0.968 bits per heavy atom. The number of carbonyl (C=O) groups is 3. The number of imide groups is 1. The van der Waals surface area contributed by atoms with Crippen LogP contribution in [0.2, 0.25) is 0 Å². The van der Waals surface area contributed by atoms with E-state index in [1.165, 1.54) is 4.90 Å². The van der Waals surface area contributed by atoms with Gasteiger partial charge in [0.1, 0.15) is 6.04 Å². The van der Waals surface area contributed by atoms with Crippen molar-refractivity contribution >= 4 is 23.4 Å². The van der Waals surface area contributed by atoms with Crippen LogP contribution in [0.5, 0.6) is 0 Å². The van der Waals surface area contributed by atoms with Gasteiger partial charge in [0, 0.05) is 12.1 Å². The number of hydrogen-bond donors (Lipinski definition) is 1. The smallest absolute Gasteiger partial charge is 0.248 e. The molecule has 2 aromatic rings. The molecule has 0 spiro atoms. The Hall–Kier alpha value is -3.21. The molecule has 5 rings (SSSR count). The van der Waals surface area contributed by atoms with Crippen LogP contribution in [0.3, 0.4) is 0 Å². The number of carbonyl (C=O) groups excluding carboxylic acids is 3. The molecule has 2 aromatic carbocycles. The predicted octanol–water partition coefficient (Wildman–Crippen LogP) is 3.61. The van der Waals surface area contributed by atoms with E-state index < -0.39 is 6.04 Å². The van der Waals surface area contributed by atoms with Gasteiger partial charge in [0.05, 0.1) is 11.8 Å². The summed E-state index contributed by atoms with van der Waals surface area (Å²) in [5.74, 6) is -1.06. The van der Waals surface area contributed by atoms with Gasteiger partial charge in [-0.25, -0.2) is 0 Å². The Bertz CT molecular complexity index is 1030. The fraction of sp³-hybridized carbons (Fsp3) is 0.346. The maximum atomic E-state index is 13.5. The average Bonchev–Trinajstić information content (AvgIpc) is 3.47. The highest BCUT2D eigenvalue weighted by Gasteiger charge is 2.61. The summed E-state index contributed by atoms with van der Waals surface area (Å²) in [7, 11) is 0. The van der Waals surface area contributed by atoms with E-state index in [-0.39, 0.29) is 41.4 Å². The highest BCUT2D eigenvalue weighted by molar-refractivity contribution is 6.11. The number of para-hydroxylation sites is 1. The Morgan fingerprint density at radius 2 is 1.58 bits per heavy atom. The molecule has 0 radical (unpaired) electrons. The lowest BCUT2D eigenvalue weighted by Gasteiger charge is -2.27. The summed E-state index contributed by atoms with van der Waals surface area (Å²) >= 11 is 0. The Balaban J connectivity index is 1.47. The fourth-order valence-corrected chi connectivity index (χ4v) is 5.54. The molecule has 3 aliphatic rings. The monoisotopic (exact) mass is 414 g/mol. The molecule has 158 valence electrons. The molecule has 1 aliphatic heterocycles. The number of likely N-dealkylation sites (tertiary alicyclic amines) is 1. The number of nitrogens with zero attached hydrogens (tertiary/aromatic N) is 1. The van der Waals surface area contributed by atoms with Crippen molar-refractivity contribution in [2.75, 3.05) is 5.32 Å². The molecule has 5 heteroatoms. The second-order valence-corrected chi connectivity index (χ2v) is 8.75. The first-order valence-electron chi connectivity index (χ1n) is 11.1. The van der Waals surface area contributed by atoms with Crippen LogP contribution in [-0.4, -0.2) is 28.7 Å². The third-order valence-electron chi connectivity index (χ3n) is 7.05. The number of amides is 3. The number of hydrogen-bond acceptors (Lipinski definition) is 3. The van der Waals surface area contributed by atoms with Crippen molar-refractivity contribution in [2.45, 2.75) is 32.2 Å². The zero-order valence-corrected chi connectivity index (χ0v) is 17.5. The van der Waals surface area contributed by atoms with Crippen LogP contribution in [0.25, 0.3) is 0 Å². The maximum absolute atomic E-state index is 13.5. The van der Waals surface area contributed by atoms with Crippen LogP contribution in [0.1, 0.15) is 24.5 Å². The topological polar surface area (TPSA) is 66.5 Å². The van der Waals surface area contributed by atoms with Crippen LogP contribution in [0.4, 0.5) is 5.69 Å². The Morgan fingerprint density at radius 3 is 2.23 bits per heavy atom. The molecule has 2 fully saturated rings. The van der Waals surface area contributed by atoms with Crippen LogP contribution >= 0.6 is 0 Å². The molecule has 0 aromatic heterocycles. The van der Waals surface area contributed by atoms with Gasteiger partial charge in [0.2, 0.25) is 17.7 Å². The van der Waals surface area contributed by atoms with Gasteiger partial charge < -0.3 is 5.32 Å². The molecular weight excluding hydrogens is 388 g/mol. The molecule has 5 atom stereocenters. The van der Waals surface area contributed by atoms with E-state index in [2.05, 4.69) is 17.5 Å². The summed E-state index contributed by atoms with van der Waals surface area (Å²) in [6.07, 6.45) is 6.11. The van der Waals surface area contributed by atoms with Crippen molar-refractivity contribution in [3.05, 3.63) is 77.9 Å². The number of aryl methyl sites for hydroxylation is 1. The molecule has 1 N–H and O–H groups in total. The molecule has 3 amide bonds. The fourth-order valence-electron chi connectivity index (χ4n) is 5.54. The summed E-state index contributed by atoms with van der Waals surface area (Å²) in [5.41, 5.74) is 2.67. The first-order valence-corrected chi connectivity index (χ1v) is 11.1. The zero-order chi connectivity index (χ0) is 21.5. The molecule has 2 aliphatic carbocycles. The summed E-state index contributed by atoms with van der Waals surface area (Å²) < 4.78 is 0. The van der Waals surface area contributed by atoms with Crippen molar-refractivity contribution in [1.82, 2.24) is 4.90 Å². The minimum Gasteiger partial charge on any atom is -0.324 e. The summed E-state index contributed by atoms with van der Waals surface area (Å²) in [6.45, 7) is 2.03. The quantitative estimate of drug-likeness (QED) is 0.580. The highest BCUT2D eigenvalue weighted by atomic mass is 16.2. The van der Waals surface area contributed by atoms with Crippen LogP contribution in [-0.2, 0) is 27.2 Å². The average molecular weight is 415 g/mol. The molecule has 1 saturated heterocycles. The minimum absolute atomic E-state index is 0.123. The number of anilines is 1. The van der Waals surface area contributed by atoms with Crippen molar-refractivity contribution < 1.29 is 14.4 Å². The van der Waals surface area contributed by atoms with Crippen LogP contribution in [0.15, 0.2) is 66.7 Å². The second-order valence-electron chi connectivity index (χ2n) is 8.75. The molecule has 1 saturated carbocycles. The predicted molar refractivity (Wildman–Crippen MR) is 118 cm³/mol. The van der Waals surface area contributed by atoms with Gasteiger partial charge >= 0.3 is 0 Å². The standard InChI is InChI=1S/C26H26N2O3/c1-2-17-10-6-7-11-20(17)27-24(29)21(14-16-8-4-3-5-9-16)28-25(30)22-18-12-13-19(15-18)23(22)26(28)31/h3-13,18-19,21-23H,2,14-15H2,1H3,(H,27,29)/t18-,19-,21+,22-,23+/m0/s1. The summed E-state index contributed by atoms with van der Waals surface area (Å²) in [6, 6.07) is 16.4. The van der Waals surface area contributed by atoms with Gasteiger partial charge in [-0.15, -0.1) is 0 Å². The SMILES string of the molecule is CCc1ccccc1NC(=O)[C@@H](Cc1ccccc1)N1C(=O)[C@@H]2[C@H](C1=O)[C@H]1C=C[C@H]2C1. The van der Waals surface area contributed by atoms with Gasteiger partial charge in [-0.05, 0) is 41.9 Å². The second kappa shape index (κ2) is 7.80. The van der Waals surface area contributed by atoms with Gasteiger partial charge in [-0.2, -0.15) is 0 Å². The molecule has 31 heavy (non-hydrogen) atoms. The summed E-state index contributed by atoms with van der Waals surface area (Å²) in [5, 5.41) is 3.00. The van der Waals surface area contributed by atoms with E-state index >= 15 is 0 Å². The van der Waals surface area contributed by atoms with Crippen molar-refractivity contribution in [3.8, 4) is 0 Å². The van der Waals surface area contributed by atoms with Gasteiger partial charge in [-0.3, -0.25) is 19.3 Å². The Kier molecular flexibility index (Phi) is 4.97. The lowest BCUT2D eigenvalue weighted by Crippen LogP contribution is -2.49. The van der Waals surface area contributed by atoms with Crippen molar-refractivity contribution in [1.29, 1.82) is 0 Å². The Labute approximate surface area is 182 Å². The lowest BCUT2D eigenvalue weighted by atomic mass is 9.85. The van der Waals surface area contributed by atoms with E-state index in [9.17, 15) is 14.4 Å². The zero-order valence-electron chi connectivity index (χ0n) is 17.5. The van der Waals surface area contributed by atoms with Crippen molar-refractivity contribution in [3.63, 3.8) is 0 Å². The number of rotatable bonds is 6. The largest absolute Gasteiger partial charge is 0.324 e. The number of fused-ring (bicyclic) bond motifs is 5. The lowest BCUT2D eigenvalue weighted by molar-refractivity contribution is -0.147. The molecule has 2 bridgehead atoms. The normalized spacial score (nSPS) is 26.9. The highest BCUT2D eigenvalue weighted by Crippen LogP contribution is 2.53. The van der Waals surface area contributed by atoms with Crippen molar-refractivity contribution in [2.24, 2.45) is 23.7 Å². The number of nitrogens with one attached hydrogen (secondary N) is 1. The number of benzene rings is 2. The first kappa shape index (κ1) is 19.7. The van der Waals surface area contributed by atoms with Gasteiger partial charge in [0.25, 0.3) is 0 Å². The van der Waals surface area contributed by atoms with E-state index in [4.69, 9.17) is 0 Å². The van der Waals surface area contributed by atoms with E-state index in [1.807, 2.05) is 61.5 Å². The number of allylic oxidation sites excluding steroid dienone is 2. The molecule has 5 nitrogen and oxygen atoms in total.